The van der Waals surface area contributed by atoms with Crippen molar-refractivity contribution in [1.82, 2.24) is 5.32 Å². The van der Waals surface area contributed by atoms with E-state index in [9.17, 15) is 14.4 Å². The molecule has 0 fully saturated rings. The fourth-order valence-corrected chi connectivity index (χ4v) is 0.740. The van der Waals surface area contributed by atoms with Gasteiger partial charge in [-0.05, 0) is 27.7 Å². The number of aliphatic carboxylic acids is 1. The summed E-state index contributed by atoms with van der Waals surface area (Å²) in [5.41, 5.74) is -0.731. The van der Waals surface area contributed by atoms with E-state index in [0.717, 1.165) is 0 Å². The van der Waals surface area contributed by atoms with Crippen LogP contribution >= 0.6 is 0 Å². The molecule has 0 aliphatic heterocycles. The molecule has 0 aliphatic rings. The summed E-state index contributed by atoms with van der Waals surface area (Å²) in [7, 11) is 0. The van der Waals surface area contributed by atoms with Crippen molar-refractivity contribution in [2.45, 2.75) is 39.3 Å². The average molecular weight is 231 g/mol. The predicted octanol–water partition coefficient (Wildman–Crippen LogP) is -0.0401. The molecule has 0 saturated carbocycles. The Labute approximate surface area is 94.0 Å². The molecule has 1 atom stereocenters. The highest BCUT2D eigenvalue weighted by Gasteiger charge is 2.23. The van der Waals surface area contributed by atoms with Crippen molar-refractivity contribution in [3.63, 3.8) is 0 Å². The van der Waals surface area contributed by atoms with Crippen molar-refractivity contribution in [2.24, 2.45) is 0 Å². The first-order valence-electron chi connectivity index (χ1n) is 4.86. The zero-order chi connectivity index (χ0) is 12.9. The van der Waals surface area contributed by atoms with Gasteiger partial charge in [0.15, 0.2) is 0 Å². The van der Waals surface area contributed by atoms with Crippen LogP contribution in [-0.2, 0) is 19.1 Å². The lowest BCUT2D eigenvalue weighted by Gasteiger charge is -2.19. The quantitative estimate of drug-likeness (QED) is 0.509. The summed E-state index contributed by atoms with van der Waals surface area (Å²) in [5.74, 6) is -2.84. The van der Waals surface area contributed by atoms with E-state index >= 15 is 0 Å². The molecular weight excluding hydrogens is 214 g/mol. The summed E-state index contributed by atoms with van der Waals surface area (Å²) in [6.45, 7) is 5.97. The number of carboxylic acids is 1. The predicted molar refractivity (Wildman–Crippen MR) is 56.0 cm³/mol. The van der Waals surface area contributed by atoms with E-state index in [1.165, 1.54) is 6.92 Å². The first-order chi connectivity index (χ1) is 7.13. The molecule has 2 N–H and O–H groups in total. The van der Waals surface area contributed by atoms with E-state index < -0.39 is 29.4 Å². The molecule has 0 aromatic rings. The van der Waals surface area contributed by atoms with E-state index in [1.54, 1.807) is 20.8 Å². The summed E-state index contributed by atoms with van der Waals surface area (Å²) >= 11 is 0. The highest BCUT2D eigenvalue weighted by Crippen LogP contribution is 2.06. The van der Waals surface area contributed by atoms with Crippen LogP contribution in [0.25, 0.3) is 0 Å². The molecule has 6 heteroatoms. The van der Waals surface area contributed by atoms with Crippen LogP contribution in [0, 0.1) is 0 Å². The van der Waals surface area contributed by atoms with Gasteiger partial charge in [0.2, 0.25) is 0 Å². The van der Waals surface area contributed by atoms with Crippen LogP contribution in [0.4, 0.5) is 0 Å². The Hall–Kier alpha value is -1.43. The summed E-state index contributed by atoms with van der Waals surface area (Å²) < 4.78 is 4.82. The maximum atomic E-state index is 11.2. The number of Topliss-reactive ketones (excluding diaryl/α,β-unsaturated/α-hetero) is 1. The molecule has 0 heterocycles. The number of esters is 1. The minimum absolute atomic E-state index is 0.345. The van der Waals surface area contributed by atoms with Crippen LogP contribution in [-0.4, -0.2) is 41.0 Å². The maximum Gasteiger partial charge on any atom is 0.376 e. The minimum atomic E-state index is -1.09. The van der Waals surface area contributed by atoms with Crippen molar-refractivity contribution in [3.05, 3.63) is 0 Å². The van der Waals surface area contributed by atoms with Crippen molar-refractivity contribution >= 4 is 17.7 Å². The van der Waals surface area contributed by atoms with Crippen LogP contribution in [0.1, 0.15) is 27.7 Å². The lowest BCUT2D eigenvalue weighted by Crippen LogP contribution is -2.41. The second-order valence-corrected chi connectivity index (χ2v) is 4.37. The Balaban J connectivity index is 4.08. The molecule has 0 rings (SSSR count). The average Bonchev–Trinajstić information content (AvgIpc) is 2.10. The number of ether oxygens (including phenoxy) is 1. The largest absolute Gasteiger partial charge is 0.480 e. The topological polar surface area (TPSA) is 92.7 Å². The summed E-state index contributed by atoms with van der Waals surface area (Å²) in [5, 5.41) is 10.9. The molecule has 16 heavy (non-hydrogen) atoms. The Morgan fingerprint density at radius 1 is 1.31 bits per heavy atom. The molecule has 92 valence electrons. The van der Waals surface area contributed by atoms with Gasteiger partial charge in [0.25, 0.3) is 5.78 Å². The maximum absolute atomic E-state index is 11.2. The number of hydrogen-bond donors (Lipinski definition) is 2. The fourth-order valence-electron chi connectivity index (χ4n) is 0.740. The van der Waals surface area contributed by atoms with Crippen LogP contribution < -0.4 is 5.32 Å². The normalized spacial score (nSPS) is 13.0. The van der Waals surface area contributed by atoms with Crippen molar-refractivity contribution < 1.29 is 24.2 Å². The third-order valence-corrected chi connectivity index (χ3v) is 1.57. The number of ketones is 1. The number of carbonyl (C=O) groups excluding carboxylic acids is 2. The van der Waals surface area contributed by atoms with Crippen molar-refractivity contribution in [1.29, 1.82) is 0 Å². The highest BCUT2D eigenvalue weighted by molar-refractivity contribution is 6.34. The standard InChI is InChI=1S/C10H17NO5/c1-6(8(13)14)11-5-7(12)9(15)16-10(2,3)4/h6,11H,5H2,1-4H3,(H,13,14)/t6-/m0/s1. The molecule has 0 unspecified atom stereocenters. The third-order valence-electron chi connectivity index (χ3n) is 1.57. The second kappa shape index (κ2) is 5.60. The lowest BCUT2D eigenvalue weighted by atomic mass is 10.2. The molecule has 6 nitrogen and oxygen atoms in total. The van der Waals surface area contributed by atoms with Crippen LogP contribution in [0.3, 0.4) is 0 Å². The Morgan fingerprint density at radius 2 is 1.81 bits per heavy atom. The molecule has 0 saturated heterocycles. The van der Waals surface area contributed by atoms with E-state index in [2.05, 4.69) is 5.32 Å². The van der Waals surface area contributed by atoms with Gasteiger partial charge in [0.1, 0.15) is 11.6 Å². The van der Waals surface area contributed by atoms with Gasteiger partial charge in [-0.25, -0.2) is 4.79 Å². The van der Waals surface area contributed by atoms with Gasteiger partial charge < -0.3 is 9.84 Å². The SMILES string of the molecule is C[C@H](NCC(=O)C(=O)OC(C)(C)C)C(=O)O. The van der Waals surface area contributed by atoms with E-state index in [4.69, 9.17) is 9.84 Å². The summed E-state index contributed by atoms with van der Waals surface area (Å²) in [6, 6.07) is -0.883. The van der Waals surface area contributed by atoms with Crippen LogP contribution in [0.2, 0.25) is 0 Å². The Bertz CT molecular complexity index is 292. The number of carboxylic acid groups (broad SMARTS) is 1. The zero-order valence-electron chi connectivity index (χ0n) is 9.86. The van der Waals surface area contributed by atoms with Gasteiger partial charge in [-0.3, -0.25) is 14.9 Å². The molecular formula is C10H17NO5. The Morgan fingerprint density at radius 3 is 2.19 bits per heavy atom. The van der Waals surface area contributed by atoms with Gasteiger partial charge in [0, 0.05) is 0 Å². The van der Waals surface area contributed by atoms with E-state index in [0.29, 0.717) is 0 Å². The van der Waals surface area contributed by atoms with Crippen molar-refractivity contribution in [2.75, 3.05) is 6.54 Å². The molecule has 0 radical (unpaired) electrons. The summed E-state index contributed by atoms with van der Waals surface area (Å²) in [4.78, 5) is 32.8. The fraction of sp³-hybridized carbons (Fsp3) is 0.700. The number of rotatable bonds is 5. The number of hydrogen-bond acceptors (Lipinski definition) is 5. The molecule has 0 aliphatic carbocycles. The molecule has 0 amide bonds. The van der Waals surface area contributed by atoms with Gasteiger partial charge in [-0.2, -0.15) is 0 Å². The van der Waals surface area contributed by atoms with E-state index in [-0.39, 0.29) is 6.54 Å². The zero-order valence-corrected chi connectivity index (χ0v) is 9.86. The third kappa shape index (κ3) is 6.13. The monoisotopic (exact) mass is 231 g/mol. The van der Waals surface area contributed by atoms with Crippen LogP contribution in [0.5, 0.6) is 0 Å². The minimum Gasteiger partial charge on any atom is -0.480 e. The van der Waals surface area contributed by atoms with E-state index in [1.807, 2.05) is 0 Å². The van der Waals surface area contributed by atoms with Gasteiger partial charge in [-0.15, -0.1) is 0 Å². The first kappa shape index (κ1) is 14.6. The van der Waals surface area contributed by atoms with Gasteiger partial charge in [-0.1, -0.05) is 0 Å². The highest BCUT2D eigenvalue weighted by atomic mass is 16.6. The lowest BCUT2D eigenvalue weighted by molar-refractivity contribution is -0.162. The van der Waals surface area contributed by atoms with Gasteiger partial charge in [0.05, 0.1) is 6.54 Å². The second-order valence-electron chi connectivity index (χ2n) is 4.37. The van der Waals surface area contributed by atoms with Gasteiger partial charge >= 0.3 is 11.9 Å². The number of carbonyl (C=O) groups is 3. The molecule has 0 aromatic heterocycles. The number of nitrogens with one attached hydrogen (secondary N) is 1. The Kier molecular flexibility index (Phi) is 5.10. The smallest absolute Gasteiger partial charge is 0.376 e. The van der Waals surface area contributed by atoms with Crippen molar-refractivity contribution in [3.8, 4) is 0 Å². The molecule has 0 aromatic carbocycles. The van der Waals surface area contributed by atoms with Crippen LogP contribution in [0.15, 0.2) is 0 Å². The molecule has 0 spiro atoms. The summed E-state index contributed by atoms with van der Waals surface area (Å²) in [6.07, 6.45) is 0. The first-order valence-corrected chi connectivity index (χ1v) is 4.86. The molecule has 0 bridgehead atoms.